The zero-order valence-corrected chi connectivity index (χ0v) is 22.6. The molecule has 0 aliphatic carbocycles. The number of aromatic nitrogens is 5. The van der Waals surface area contributed by atoms with Crippen LogP contribution in [0.3, 0.4) is 0 Å². The number of carbonyl (C=O) groups is 1. The molecule has 4 aromatic rings. The van der Waals surface area contributed by atoms with Crippen LogP contribution in [0.4, 0.5) is 13.2 Å². The van der Waals surface area contributed by atoms with E-state index in [4.69, 9.17) is 9.47 Å². The standard InChI is InChI=1S/C26H23F3N6O3S2/c27-26(28,29)18-2-1-3-19(14-18)35-22(17-4-8-30-9-5-17)32-33-24(35)40-16-21-31-20(15-39-21)23(36)34-10-6-25(7-11-34)37-12-13-38-25/h1-5,8-9,14-15H,6-7,10-13,16H2. The maximum atomic E-state index is 13.5. The monoisotopic (exact) mass is 588 g/mol. The summed E-state index contributed by atoms with van der Waals surface area (Å²) in [5.74, 6) is 0.0337. The zero-order valence-electron chi connectivity index (χ0n) is 21.0. The van der Waals surface area contributed by atoms with Crippen molar-refractivity contribution in [1.29, 1.82) is 0 Å². The van der Waals surface area contributed by atoms with Crippen molar-refractivity contribution < 1.29 is 27.4 Å². The number of halogens is 3. The van der Waals surface area contributed by atoms with Crippen LogP contribution in [0.2, 0.25) is 0 Å². The second-order valence-electron chi connectivity index (χ2n) is 9.24. The average molecular weight is 589 g/mol. The SMILES string of the molecule is O=C(c1csc(CSc2nnc(-c3ccncc3)n2-c2cccc(C(F)(F)F)c2)n1)N1CCC2(CC1)OCCO2. The fourth-order valence-corrected chi connectivity index (χ4v) is 6.44. The van der Waals surface area contributed by atoms with Crippen LogP contribution in [0, 0.1) is 0 Å². The fourth-order valence-electron chi connectivity index (χ4n) is 4.71. The van der Waals surface area contributed by atoms with Gasteiger partial charge in [-0.05, 0) is 30.3 Å². The second kappa shape index (κ2) is 10.9. The predicted molar refractivity (Wildman–Crippen MR) is 141 cm³/mol. The minimum atomic E-state index is -4.50. The van der Waals surface area contributed by atoms with Crippen LogP contribution in [0.15, 0.2) is 59.3 Å². The van der Waals surface area contributed by atoms with E-state index in [9.17, 15) is 18.0 Å². The van der Waals surface area contributed by atoms with Crippen molar-refractivity contribution in [1.82, 2.24) is 29.6 Å². The Morgan fingerprint density at radius 3 is 2.55 bits per heavy atom. The molecule has 40 heavy (non-hydrogen) atoms. The highest BCUT2D eigenvalue weighted by Crippen LogP contribution is 2.35. The molecule has 0 saturated carbocycles. The first-order valence-electron chi connectivity index (χ1n) is 12.5. The number of piperidine rings is 1. The number of carbonyl (C=O) groups excluding carboxylic acids is 1. The number of alkyl halides is 3. The Labute approximate surface area is 235 Å². The number of amides is 1. The van der Waals surface area contributed by atoms with Crippen molar-refractivity contribution in [3.8, 4) is 17.1 Å². The Bertz CT molecular complexity index is 1490. The normalized spacial score (nSPS) is 17.0. The molecule has 14 heteroatoms. The maximum absolute atomic E-state index is 13.5. The number of benzene rings is 1. The van der Waals surface area contributed by atoms with Gasteiger partial charge in [0.1, 0.15) is 10.7 Å². The molecule has 208 valence electrons. The van der Waals surface area contributed by atoms with Crippen molar-refractivity contribution in [3.63, 3.8) is 0 Å². The third-order valence-electron chi connectivity index (χ3n) is 6.73. The molecule has 1 spiro atoms. The summed E-state index contributed by atoms with van der Waals surface area (Å²) in [6, 6.07) is 8.47. The number of thioether (sulfide) groups is 1. The van der Waals surface area contributed by atoms with Gasteiger partial charge in [0.25, 0.3) is 5.91 Å². The van der Waals surface area contributed by atoms with Gasteiger partial charge in [0.05, 0.1) is 30.2 Å². The van der Waals surface area contributed by atoms with Crippen LogP contribution in [-0.2, 0) is 21.4 Å². The molecule has 6 rings (SSSR count). The lowest BCUT2D eigenvalue weighted by Crippen LogP contribution is -2.47. The lowest BCUT2D eigenvalue weighted by molar-refractivity contribution is -0.181. The number of pyridine rings is 1. The van der Waals surface area contributed by atoms with Crippen molar-refractivity contribution in [3.05, 3.63) is 70.4 Å². The van der Waals surface area contributed by atoms with E-state index >= 15 is 0 Å². The zero-order chi connectivity index (χ0) is 27.7. The van der Waals surface area contributed by atoms with Crippen molar-refractivity contribution in [2.75, 3.05) is 26.3 Å². The molecule has 1 amide bonds. The largest absolute Gasteiger partial charge is 0.416 e. The molecule has 1 aromatic carbocycles. The summed E-state index contributed by atoms with van der Waals surface area (Å²) in [5, 5.41) is 11.4. The van der Waals surface area contributed by atoms with Gasteiger partial charge in [0.15, 0.2) is 16.8 Å². The number of thiazole rings is 1. The van der Waals surface area contributed by atoms with Crippen molar-refractivity contribution in [2.24, 2.45) is 0 Å². The number of hydrogen-bond donors (Lipinski definition) is 0. The number of nitrogens with zero attached hydrogens (tertiary/aromatic N) is 6. The third-order valence-corrected chi connectivity index (χ3v) is 8.70. The molecule has 2 aliphatic heterocycles. The molecule has 0 atom stereocenters. The van der Waals surface area contributed by atoms with Crippen LogP contribution in [0.1, 0.15) is 33.9 Å². The highest BCUT2D eigenvalue weighted by Gasteiger charge is 2.41. The van der Waals surface area contributed by atoms with E-state index in [1.54, 1.807) is 45.4 Å². The molecule has 2 aliphatic rings. The maximum Gasteiger partial charge on any atom is 0.416 e. The number of rotatable bonds is 6. The first-order valence-corrected chi connectivity index (χ1v) is 14.4. The smallest absolute Gasteiger partial charge is 0.347 e. The van der Waals surface area contributed by atoms with E-state index in [2.05, 4.69) is 20.2 Å². The molecule has 0 bridgehead atoms. The van der Waals surface area contributed by atoms with E-state index in [1.165, 1.54) is 29.2 Å². The molecular formula is C26H23F3N6O3S2. The topological polar surface area (TPSA) is 95.3 Å². The van der Waals surface area contributed by atoms with Gasteiger partial charge in [-0.25, -0.2) is 4.98 Å². The molecule has 5 heterocycles. The molecular weight excluding hydrogens is 565 g/mol. The Morgan fingerprint density at radius 2 is 1.82 bits per heavy atom. The summed E-state index contributed by atoms with van der Waals surface area (Å²) in [5.41, 5.74) is 0.530. The second-order valence-corrected chi connectivity index (χ2v) is 11.1. The summed E-state index contributed by atoms with van der Waals surface area (Å²) in [7, 11) is 0. The van der Waals surface area contributed by atoms with E-state index in [0.717, 1.165) is 12.1 Å². The van der Waals surface area contributed by atoms with Gasteiger partial charge in [-0.2, -0.15) is 13.2 Å². The number of hydrogen-bond acceptors (Lipinski definition) is 9. The minimum absolute atomic E-state index is 0.146. The molecule has 3 aromatic heterocycles. The van der Waals surface area contributed by atoms with E-state index < -0.39 is 17.5 Å². The molecule has 2 saturated heterocycles. The molecule has 9 nitrogen and oxygen atoms in total. The lowest BCUT2D eigenvalue weighted by atomic mass is 10.0. The van der Waals surface area contributed by atoms with E-state index in [-0.39, 0.29) is 11.6 Å². The van der Waals surface area contributed by atoms with Crippen LogP contribution in [-0.4, -0.2) is 67.6 Å². The summed E-state index contributed by atoms with van der Waals surface area (Å²) in [4.78, 5) is 23.4. The lowest BCUT2D eigenvalue weighted by Gasteiger charge is -2.37. The Morgan fingerprint density at radius 1 is 1.07 bits per heavy atom. The summed E-state index contributed by atoms with van der Waals surface area (Å²) in [6.45, 7) is 2.20. The number of likely N-dealkylation sites (tertiary alicyclic amines) is 1. The minimum Gasteiger partial charge on any atom is -0.347 e. The molecule has 0 radical (unpaired) electrons. The van der Waals surface area contributed by atoms with Gasteiger partial charge in [-0.3, -0.25) is 14.3 Å². The first kappa shape index (κ1) is 26.9. The van der Waals surface area contributed by atoms with E-state index in [1.807, 2.05) is 0 Å². The summed E-state index contributed by atoms with van der Waals surface area (Å²) in [6.07, 6.45) is -0.0912. The van der Waals surface area contributed by atoms with Crippen LogP contribution >= 0.6 is 23.1 Å². The van der Waals surface area contributed by atoms with Crippen LogP contribution in [0.25, 0.3) is 17.1 Å². The Balaban J connectivity index is 1.20. The Kier molecular flexibility index (Phi) is 7.33. The Hall–Kier alpha value is -3.33. The van der Waals surface area contributed by atoms with Crippen molar-refractivity contribution in [2.45, 2.75) is 35.7 Å². The van der Waals surface area contributed by atoms with Crippen LogP contribution < -0.4 is 0 Å². The van der Waals surface area contributed by atoms with Gasteiger partial charge >= 0.3 is 6.18 Å². The highest BCUT2D eigenvalue weighted by molar-refractivity contribution is 7.98. The van der Waals surface area contributed by atoms with Crippen LogP contribution in [0.5, 0.6) is 0 Å². The summed E-state index contributed by atoms with van der Waals surface area (Å²) < 4.78 is 53.5. The van der Waals surface area contributed by atoms with Crippen molar-refractivity contribution >= 4 is 29.0 Å². The molecule has 0 unspecified atom stereocenters. The van der Waals surface area contributed by atoms with Gasteiger partial charge in [-0.15, -0.1) is 21.5 Å². The first-order chi connectivity index (χ1) is 19.3. The fraction of sp³-hybridized carbons (Fsp3) is 0.346. The number of ether oxygens (including phenoxy) is 2. The van der Waals surface area contributed by atoms with Gasteiger partial charge in [0, 0.05) is 49.3 Å². The van der Waals surface area contributed by atoms with Gasteiger partial charge < -0.3 is 14.4 Å². The van der Waals surface area contributed by atoms with E-state index in [0.29, 0.717) is 72.1 Å². The molecule has 0 N–H and O–H groups in total. The van der Waals surface area contributed by atoms with Gasteiger partial charge in [0.2, 0.25) is 0 Å². The molecule has 2 fully saturated rings. The highest BCUT2D eigenvalue weighted by atomic mass is 32.2. The van der Waals surface area contributed by atoms with Gasteiger partial charge in [-0.1, -0.05) is 17.8 Å². The summed E-state index contributed by atoms with van der Waals surface area (Å²) >= 11 is 2.63. The quantitative estimate of drug-likeness (QED) is 0.288. The predicted octanol–water partition coefficient (Wildman–Crippen LogP) is 5.08. The third kappa shape index (κ3) is 5.48. The average Bonchev–Trinajstić information content (AvgIpc) is 3.72.